The molecule has 1 heterocycles. The van der Waals surface area contributed by atoms with E-state index in [4.69, 9.17) is 4.74 Å². The van der Waals surface area contributed by atoms with E-state index in [1.807, 2.05) is 6.07 Å². The molecule has 1 aromatic heterocycles. The molecule has 0 spiro atoms. The van der Waals surface area contributed by atoms with Crippen LogP contribution in [0.25, 0.3) is 0 Å². The Labute approximate surface area is 148 Å². The average Bonchev–Trinajstić information content (AvgIpc) is 2.86. The van der Waals surface area contributed by atoms with Gasteiger partial charge >= 0.3 is 5.97 Å². The second kappa shape index (κ2) is 8.15. The zero-order chi connectivity index (χ0) is 16.9. The summed E-state index contributed by atoms with van der Waals surface area (Å²) in [4.78, 5) is 26.1. The van der Waals surface area contributed by atoms with E-state index in [-0.39, 0.29) is 24.5 Å². The first-order valence-electron chi connectivity index (χ1n) is 9.20. The van der Waals surface area contributed by atoms with Crippen molar-refractivity contribution in [3.63, 3.8) is 0 Å². The molecule has 1 fully saturated rings. The fraction of sp³-hybridized carbons (Fsp3) is 0.684. The first kappa shape index (κ1) is 17.5. The largest absolute Gasteiger partial charge is 0.451 e. The van der Waals surface area contributed by atoms with Gasteiger partial charge in [-0.3, -0.25) is 4.79 Å². The highest BCUT2D eigenvalue weighted by atomic mass is 32.1. The maximum absolute atomic E-state index is 12.2. The Balaban J connectivity index is 1.46. The number of hydrogen-bond acceptors (Lipinski definition) is 4. The second-order valence-electron chi connectivity index (χ2n) is 7.22. The third kappa shape index (κ3) is 4.59. The predicted molar refractivity (Wildman–Crippen MR) is 95.4 cm³/mol. The summed E-state index contributed by atoms with van der Waals surface area (Å²) in [6, 6.07) is 2.21. The average molecular weight is 349 g/mol. The van der Waals surface area contributed by atoms with Crippen LogP contribution < -0.4 is 5.32 Å². The molecule has 0 saturated heterocycles. The molecule has 132 valence electrons. The third-order valence-electron chi connectivity index (χ3n) is 5.16. The molecule has 0 aromatic carbocycles. The number of thiophene rings is 1. The topological polar surface area (TPSA) is 55.4 Å². The van der Waals surface area contributed by atoms with Crippen LogP contribution in [0.15, 0.2) is 6.07 Å². The number of ether oxygens (including phenoxy) is 1. The van der Waals surface area contributed by atoms with Gasteiger partial charge in [-0.05, 0) is 68.9 Å². The van der Waals surface area contributed by atoms with Crippen molar-refractivity contribution in [2.24, 2.45) is 5.92 Å². The van der Waals surface area contributed by atoms with E-state index in [1.165, 1.54) is 41.0 Å². The summed E-state index contributed by atoms with van der Waals surface area (Å²) in [5.41, 5.74) is 1.30. The summed E-state index contributed by atoms with van der Waals surface area (Å²) in [6.45, 7) is 2.08. The van der Waals surface area contributed by atoms with E-state index in [0.29, 0.717) is 4.88 Å². The van der Waals surface area contributed by atoms with Crippen LogP contribution in [0, 0.1) is 5.92 Å². The van der Waals surface area contributed by atoms with Crippen LogP contribution in [0.2, 0.25) is 0 Å². The Kier molecular flexibility index (Phi) is 5.93. The molecule has 1 N–H and O–H groups in total. The van der Waals surface area contributed by atoms with Gasteiger partial charge in [0.15, 0.2) is 6.61 Å². The minimum Gasteiger partial charge on any atom is -0.451 e. The molecule has 0 aliphatic heterocycles. The van der Waals surface area contributed by atoms with E-state index in [1.54, 1.807) is 0 Å². The lowest BCUT2D eigenvalue weighted by atomic mass is 9.87. The summed E-state index contributed by atoms with van der Waals surface area (Å²) in [7, 11) is 0. The van der Waals surface area contributed by atoms with Crippen molar-refractivity contribution < 1.29 is 14.3 Å². The van der Waals surface area contributed by atoms with Crippen LogP contribution in [0.5, 0.6) is 0 Å². The van der Waals surface area contributed by atoms with Gasteiger partial charge in [0.2, 0.25) is 0 Å². The molecule has 0 radical (unpaired) electrons. The molecule has 1 saturated carbocycles. The van der Waals surface area contributed by atoms with E-state index in [0.717, 1.165) is 44.4 Å². The first-order chi connectivity index (χ1) is 11.6. The lowest BCUT2D eigenvalue weighted by molar-refractivity contribution is -0.125. The van der Waals surface area contributed by atoms with Gasteiger partial charge in [0.1, 0.15) is 4.88 Å². The van der Waals surface area contributed by atoms with Gasteiger partial charge in [-0.25, -0.2) is 4.79 Å². The highest BCUT2D eigenvalue weighted by Gasteiger charge is 2.21. The molecule has 0 bridgehead atoms. The highest BCUT2D eigenvalue weighted by Crippen LogP contribution is 2.29. The molecule has 0 unspecified atom stereocenters. The fourth-order valence-corrected chi connectivity index (χ4v) is 4.79. The molecule has 4 nitrogen and oxygen atoms in total. The van der Waals surface area contributed by atoms with Crippen LogP contribution in [-0.4, -0.2) is 24.5 Å². The van der Waals surface area contributed by atoms with Crippen LogP contribution >= 0.6 is 11.3 Å². The third-order valence-corrected chi connectivity index (χ3v) is 6.38. The van der Waals surface area contributed by atoms with Gasteiger partial charge < -0.3 is 10.1 Å². The molecule has 5 heteroatoms. The molecular weight excluding hydrogens is 322 g/mol. The monoisotopic (exact) mass is 349 g/mol. The summed E-state index contributed by atoms with van der Waals surface area (Å²) in [5, 5.41) is 2.99. The smallest absolute Gasteiger partial charge is 0.348 e. The van der Waals surface area contributed by atoms with Crippen molar-refractivity contribution >= 4 is 23.2 Å². The molecular formula is C19H27NO3S. The first-order valence-corrected chi connectivity index (χ1v) is 10.0. The van der Waals surface area contributed by atoms with Crippen molar-refractivity contribution in [3.8, 4) is 0 Å². The summed E-state index contributed by atoms with van der Waals surface area (Å²) < 4.78 is 5.22. The van der Waals surface area contributed by atoms with E-state index in [9.17, 15) is 9.59 Å². The molecule has 1 amide bonds. The number of nitrogens with one attached hydrogen (secondary N) is 1. The highest BCUT2D eigenvalue weighted by molar-refractivity contribution is 7.14. The normalized spacial score (nSPS) is 23.9. The number of carbonyl (C=O) groups is 2. The summed E-state index contributed by atoms with van der Waals surface area (Å²) >= 11 is 1.54. The summed E-state index contributed by atoms with van der Waals surface area (Å²) in [6.07, 6.45) is 10.1. The number of amides is 1. The Morgan fingerprint density at radius 1 is 1.17 bits per heavy atom. The van der Waals surface area contributed by atoms with Crippen molar-refractivity contribution in [1.29, 1.82) is 0 Å². The lowest BCUT2D eigenvalue weighted by Crippen LogP contribution is -2.39. The van der Waals surface area contributed by atoms with Gasteiger partial charge in [0.25, 0.3) is 5.91 Å². The Morgan fingerprint density at radius 2 is 1.92 bits per heavy atom. The van der Waals surface area contributed by atoms with Gasteiger partial charge in [-0.2, -0.15) is 0 Å². The van der Waals surface area contributed by atoms with Crippen LogP contribution in [0.1, 0.15) is 72.0 Å². The van der Waals surface area contributed by atoms with Gasteiger partial charge in [0.05, 0.1) is 0 Å². The number of esters is 1. The van der Waals surface area contributed by atoms with E-state index >= 15 is 0 Å². The van der Waals surface area contributed by atoms with E-state index in [2.05, 4.69) is 12.2 Å². The maximum atomic E-state index is 12.2. The van der Waals surface area contributed by atoms with Crippen molar-refractivity contribution in [3.05, 3.63) is 21.4 Å². The number of hydrogen-bond donors (Lipinski definition) is 1. The fourth-order valence-electron chi connectivity index (χ4n) is 3.64. The maximum Gasteiger partial charge on any atom is 0.348 e. The molecule has 2 aliphatic rings. The Bertz CT molecular complexity index is 564. The number of aryl methyl sites for hydroxylation is 2. The quantitative estimate of drug-likeness (QED) is 0.663. The van der Waals surface area contributed by atoms with Crippen molar-refractivity contribution in [2.75, 3.05) is 6.61 Å². The number of rotatable bonds is 4. The number of fused-ring (bicyclic) bond motifs is 1. The van der Waals surface area contributed by atoms with Gasteiger partial charge in [0, 0.05) is 10.9 Å². The zero-order valence-corrected chi connectivity index (χ0v) is 15.3. The predicted octanol–water partition coefficient (Wildman–Crippen LogP) is 3.87. The minimum atomic E-state index is -0.361. The molecule has 24 heavy (non-hydrogen) atoms. The lowest BCUT2D eigenvalue weighted by Gasteiger charge is -2.26. The van der Waals surface area contributed by atoms with Gasteiger partial charge in [-0.15, -0.1) is 11.3 Å². The second-order valence-corrected chi connectivity index (χ2v) is 8.36. The molecule has 2 aliphatic carbocycles. The zero-order valence-electron chi connectivity index (χ0n) is 14.4. The molecule has 3 rings (SSSR count). The van der Waals surface area contributed by atoms with Crippen molar-refractivity contribution in [2.45, 2.75) is 70.8 Å². The molecule has 1 aromatic rings. The van der Waals surface area contributed by atoms with Crippen LogP contribution in [0.3, 0.4) is 0 Å². The van der Waals surface area contributed by atoms with Gasteiger partial charge in [-0.1, -0.05) is 13.3 Å². The summed E-state index contributed by atoms with van der Waals surface area (Å²) in [5.74, 6) is 0.214. The van der Waals surface area contributed by atoms with Crippen molar-refractivity contribution in [1.82, 2.24) is 5.32 Å². The SMILES string of the molecule is CC1CCC(NC(=O)COC(=O)c2cc3c(s2)CCCCC3)CC1. The number of carbonyl (C=O) groups excluding carboxylic acids is 2. The Hall–Kier alpha value is -1.36. The minimum absolute atomic E-state index is 0.173. The van der Waals surface area contributed by atoms with E-state index < -0.39 is 0 Å². The molecule has 0 atom stereocenters. The Morgan fingerprint density at radius 3 is 2.71 bits per heavy atom. The standard InChI is InChI=1S/C19H27NO3S/c1-13-7-9-15(10-8-13)20-18(21)12-23-19(22)17-11-14-5-3-2-4-6-16(14)24-17/h11,13,15H,2-10,12H2,1H3,(H,20,21). The van der Waals surface area contributed by atoms with Crippen LogP contribution in [0.4, 0.5) is 0 Å². The van der Waals surface area contributed by atoms with Crippen LogP contribution in [-0.2, 0) is 22.4 Å².